The van der Waals surface area contributed by atoms with Crippen molar-refractivity contribution in [2.45, 2.75) is 45.3 Å². The van der Waals surface area contributed by atoms with E-state index in [0.717, 1.165) is 22.5 Å². The van der Waals surface area contributed by atoms with Crippen LogP contribution in [-0.4, -0.2) is 53.2 Å². The van der Waals surface area contributed by atoms with Crippen molar-refractivity contribution < 1.29 is 31.9 Å². The number of piperidine rings is 1. The number of ketones is 1. The largest absolute Gasteiger partial charge is 0.419 e. The van der Waals surface area contributed by atoms with Crippen LogP contribution >= 0.6 is 0 Å². The van der Waals surface area contributed by atoms with Gasteiger partial charge in [-0.25, -0.2) is 4.39 Å². The predicted octanol–water partition coefficient (Wildman–Crippen LogP) is 5.66. The second-order valence-electron chi connectivity index (χ2n) is 9.52. The number of alkyl halides is 3. The number of aromatic nitrogens is 2. The normalized spacial score (nSPS) is 14.9. The number of hydrogen-bond donors (Lipinski definition) is 0. The number of hydrogen-bond acceptors (Lipinski definition) is 4. The van der Waals surface area contributed by atoms with Crippen molar-refractivity contribution in [3.05, 3.63) is 64.6 Å². The monoisotopic (exact) mass is 519 g/mol. The fraction of sp³-hybridized carbons (Fsp3) is 0.444. The van der Waals surface area contributed by atoms with Crippen molar-refractivity contribution in [1.82, 2.24) is 14.7 Å². The molecule has 0 bridgehead atoms. The van der Waals surface area contributed by atoms with E-state index >= 15 is 0 Å². The van der Waals surface area contributed by atoms with Gasteiger partial charge in [-0.2, -0.15) is 18.3 Å². The third-order valence-corrected chi connectivity index (χ3v) is 6.82. The Hall–Kier alpha value is -3.27. The molecule has 0 unspecified atom stereocenters. The van der Waals surface area contributed by atoms with E-state index < -0.39 is 23.5 Å². The van der Waals surface area contributed by atoms with Crippen LogP contribution in [0.15, 0.2) is 36.5 Å². The molecule has 1 amide bonds. The van der Waals surface area contributed by atoms with Gasteiger partial charge in [0.05, 0.1) is 11.1 Å². The minimum atomic E-state index is -4.80. The van der Waals surface area contributed by atoms with Crippen LogP contribution < -0.4 is 0 Å². The molecule has 3 aromatic rings. The molecule has 1 fully saturated rings. The first-order valence-electron chi connectivity index (χ1n) is 12.2. The summed E-state index contributed by atoms with van der Waals surface area (Å²) in [6.07, 6.45) is -0.420. The van der Waals surface area contributed by atoms with Crippen LogP contribution in [0.4, 0.5) is 17.6 Å². The van der Waals surface area contributed by atoms with Gasteiger partial charge in [0, 0.05) is 62.5 Å². The summed E-state index contributed by atoms with van der Waals surface area (Å²) in [5.41, 5.74) is 0.904. The molecule has 0 saturated carbocycles. The molecule has 1 aliphatic rings. The summed E-state index contributed by atoms with van der Waals surface area (Å²) < 4.78 is 59.2. The Kier molecular flexibility index (Phi) is 7.96. The number of halogens is 4. The number of carbonyl (C=O) groups excluding carboxylic acids is 2. The number of carbonyl (C=O) groups is 2. The van der Waals surface area contributed by atoms with E-state index in [1.807, 2.05) is 29.9 Å². The van der Waals surface area contributed by atoms with E-state index in [4.69, 9.17) is 4.74 Å². The van der Waals surface area contributed by atoms with Crippen molar-refractivity contribution >= 4 is 22.6 Å². The standard InChI is InChI=1S/C27H29F4N3O3/c1-17-12-24-20(13-21(17)25(35)4-3-11-37-2)16-34(32-24)15-18-7-9-33(10-8-18)26(36)19-5-6-22(23(28)14-19)27(29,30)31/h5-6,12-14,16,18H,3-4,7-11,15H2,1-2H3. The maximum atomic E-state index is 13.9. The van der Waals surface area contributed by atoms with Crippen LogP contribution in [-0.2, 0) is 17.5 Å². The zero-order chi connectivity index (χ0) is 26.7. The molecule has 0 N–H and O–H groups in total. The van der Waals surface area contributed by atoms with Gasteiger partial charge < -0.3 is 9.64 Å². The number of rotatable bonds is 8. The van der Waals surface area contributed by atoms with Crippen molar-refractivity contribution in [2.24, 2.45) is 5.92 Å². The molecule has 10 heteroatoms. The minimum Gasteiger partial charge on any atom is -0.385 e. The Morgan fingerprint density at radius 2 is 1.86 bits per heavy atom. The number of fused-ring (bicyclic) bond motifs is 1. The second-order valence-corrected chi connectivity index (χ2v) is 9.52. The van der Waals surface area contributed by atoms with Gasteiger partial charge in [0.25, 0.3) is 5.91 Å². The predicted molar refractivity (Wildman–Crippen MR) is 130 cm³/mol. The highest BCUT2D eigenvalue weighted by Gasteiger charge is 2.34. The van der Waals surface area contributed by atoms with Gasteiger partial charge in [-0.1, -0.05) is 0 Å². The van der Waals surface area contributed by atoms with Crippen molar-refractivity contribution in [2.75, 3.05) is 26.8 Å². The van der Waals surface area contributed by atoms with E-state index in [1.54, 1.807) is 12.0 Å². The molecule has 1 aromatic heterocycles. The molecule has 0 atom stereocenters. The topological polar surface area (TPSA) is 64.4 Å². The maximum absolute atomic E-state index is 13.9. The Morgan fingerprint density at radius 1 is 1.14 bits per heavy atom. The fourth-order valence-electron chi connectivity index (χ4n) is 4.78. The molecule has 6 nitrogen and oxygen atoms in total. The summed E-state index contributed by atoms with van der Waals surface area (Å²) in [6, 6.07) is 6.09. The first-order chi connectivity index (χ1) is 17.6. The molecule has 198 valence electrons. The molecule has 0 spiro atoms. The van der Waals surface area contributed by atoms with Gasteiger partial charge in [-0.3, -0.25) is 14.3 Å². The molecule has 0 radical (unpaired) electrons. The van der Waals surface area contributed by atoms with Crippen LogP contribution in [0.2, 0.25) is 0 Å². The second kappa shape index (κ2) is 11.0. The summed E-state index contributed by atoms with van der Waals surface area (Å²) in [7, 11) is 1.61. The molecule has 4 rings (SSSR count). The van der Waals surface area contributed by atoms with Gasteiger partial charge in [-0.05, 0) is 68.0 Å². The first kappa shape index (κ1) is 26.8. The Balaban J connectivity index is 1.37. The number of aryl methyl sites for hydroxylation is 1. The van der Waals surface area contributed by atoms with Gasteiger partial charge in [0.15, 0.2) is 5.78 Å². The number of amides is 1. The quantitative estimate of drug-likeness (QED) is 0.219. The number of ether oxygens (including phenoxy) is 1. The van der Waals surface area contributed by atoms with Crippen LogP contribution in [0, 0.1) is 18.7 Å². The zero-order valence-electron chi connectivity index (χ0n) is 20.8. The molecular weight excluding hydrogens is 490 g/mol. The Bertz CT molecular complexity index is 1290. The van der Waals surface area contributed by atoms with E-state index in [2.05, 4.69) is 5.10 Å². The smallest absolute Gasteiger partial charge is 0.385 e. The molecule has 1 saturated heterocycles. The summed E-state index contributed by atoms with van der Waals surface area (Å²) in [5.74, 6) is -1.60. The molecular formula is C27H29F4N3O3. The summed E-state index contributed by atoms with van der Waals surface area (Å²) in [5, 5.41) is 5.54. The van der Waals surface area contributed by atoms with E-state index in [1.165, 1.54) is 0 Å². The third-order valence-electron chi connectivity index (χ3n) is 6.82. The van der Waals surface area contributed by atoms with Crippen molar-refractivity contribution in [3.8, 4) is 0 Å². The summed E-state index contributed by atoms with van der Waals surface area (Å²) in [4.78, 5) is 26.9. The Labute approximate surface area is 212 Å². The highest BCUT2D eigenvalue weighted by atomic mass is 19.4. The molecule has 0 aliphatic carbocycles. The number of methoxy groups -OCH3 is 1. The highest BCUT2D eigenvalue weighted by molar-refractivity contribution is 6.00. The third kappa shape index (κ3) is 6.18. The van der Waals surface area contributed by atoms with Gasteiger partial charge in [0.1, 0.15) is 5.82 Å². The average molecular weight is 520 g/mol. The Morgan fingerprint density at radius 3 is 2.51 bits per heavy atom. The maximum Gasteiger partial charge on any atom is 0.419 e. The lowest BCUT2D eigenvalue weighted by Gasteiger charge is -2.32. The van der Waals surface area contributed by atoms with Gasteiger partial charge in [-0.15, -0.1) is 0 Å². The van der Waals surface area contributed by atoms with Crippen LogP contribution in [0.5, 0.6) is 0 Å². The SMILES string of the molecule is COCCCC(=O)c1cc2cn(CC3CCN(C(=O)c4ccc(C(F)(F)F)c(F)c4)CC3)nc2cc1C. The zero-order valence-corrected chi connectivity index (χ0v) is 20.8. The number of Topliss-reactive ketones (excluding diaryl/α,β-unsaturated/α-hetero) is 1. The average Bonchev–Trinajstić information content (AvgIpc) is 3.23. The minimum absolute atomic E-state index is 0.0779. The first-order valence-corrected chi connectivity index (χ1v) is 12.2. The summed E-state index contributed by atoms with van der Waals surface area (Å²) >= 11 is 0. The van der Waals surface area contributed by atoms with E-state index in [0.29, 0.717) is 69.6 Å². The molecule has 1 aliphatic heterocycles. The highest BCUT2D eigenvalue weighted by Crippen LogP contribution is 2.32. The number of benzene rings is 2. The number of nitrogens with zero attached hydrogens (tertiary/aromatic N) is 3. The molecule has 37 heavy (non-hydrogen) atoms. The van der Waals surface area contributed by atoms with Crippen LogP contribution in [0.25, 0.3) is 10.9 Å². The number of likely N-dealkylation sites (tertiary alicyclic amines) is 1. The van der Waals surface area contributed by atoms with E-state index in [-0.39, 0.29) is 17.3 Å². The fourth-order valence-corrected chi connectivity index (χ4v) is 4.78. The lowest BCUT2D eigenvalue weighted by molar-refractivity contribution is -0.140. The lowest BCUT2D eigenvalue weighted by Crippen LogP contribution is -2.39. The van der Waals surface area contributed by atoms with Crippen LogP contribution in [0.1, 0.15) is 57.5 Å². The summed E-state index contributed by atoms with van der Waals surface area (Å²) in [6.45, 7) is 3.92. The van der Waals surface area contributed by atoms with E-state index in [9.17, 15) is 27.2 Å². The van der Waals surface area contributed by atoms with Gasteiger partial charge >= 0.3 is 6.18 Å². The molecule has 2 heterocycles. The van der Waals surface area contributed by atoms with Crippen LogP contribution in [0.3, 0.4) is 0 Å². The molecule has 2 aromatic carbocycles. The lowest BCUT2D eigenvalue weighted by atomic mass is 9.96. The van der Waals surface area contributed by atoms with Crippen molar-refractivity contribution in [3.63, 3.8) is 0 Å². The van der Waals surface area contributed by atoms with Gasteiger partial charge in [0.2, 0.25) is 0 Å². The van der Waals surface area contributed by atoms with Crippen molar-refractivity contribution in [1.29, 1.82) is 0 Å².